The summed E-state index contributed by atoms with van der Waals surface area (Å²) in [4.78, 5) is 20.8. The summed E-state index contributed by atoms with van der Waals surface area (Å²) in [6.07, 6.45) is 7.15. The average molecular weight is 515 g/mol. The predicted octanol–water partition coefficient (Wildman–Crippen LogP) is 6.30. The number of anilines is 1. The zero-order chi connectivity index (χ0) is 25.0. The van der Waals surface area contributed by atoms with Crippen molar-refractivity contribution in [3.05, 3.63) is 76.3 Å². The Hall–Kier alpha value is -2.80. The molecule has 0 aromatic heterocycles. The topological polar surface area (TPSA) is 57.2 Å². The molecule has 0 saturated carbocycles. The van der Waals surface area contributed by atoms with Crippen LogP contribution in [-0.4, -0.2) is 57.0 Å². The average Bonchev–Trinajstić information content (AvgIpc) is 2.87. The van der Waals surface area contributed by atoms with E-state index >= 15 is 0 Å². The maximum absolute atomic E-state index is 12.1. The van der Waals surface area contributed by atoms with Gasteiger partial charge in [-0.2, -0.15) is 0 Å². The number of rotatable bonds is 10. The first-order valence-electron chi connectivity index (χ1n) is 11.8. The zero-order valence-corrected chi connectivity index (χ0v) is 21.6. The minimum Gasteiger partial charge on any atom is -0.410 e. The normalized spacial score (nSPS) is 14.8. The molecule has 2 aromatic carbocycles. The van der Waals surface area contributed by atoms with Gasteiger partial charge in [0.2, 0.25) is 0 Å². The third-order valence-corrected chi connectivity index (χ3v) is 6.60. The molecule has 1 aliphatic heterocycles. The first-order chi connectivity index (χ1) is 17.0. The molecule has 0 aliphatic carbocycles. The second kappa shape index (κ2) is 13.9. The number of nitrogens with one attached hydrogen (secondary N) is 1. The van der Waals surface area contributed by atoms with Crippen molar-refractivity contribution < 1.29 is 9.53 Å². The fraction of sp³-hybridized carbons (Fsp3) is 0.333. The van der Waals surface area contributed by atoms with Gasteiger partial charge >= 0.3 is 6.09 Å². The number of hydrogen-bond acceptors (Lipinski definition) is 5. The first kappa shape index (κ1) is 26.8. The summed E-state index contributed by atoms with van der Waals surface area (Å²) < 4.78 is 5.37. The number of nitrogens with zero attached hydrogens (tertiary/aromatic N) is 3. The molecule has 1 aliphatic rings. The number of halogens is 2. The smallest absolute Gasteiger partial charge is 0.410 e. The molecular formula is C27H32Cl2N4O2. The zero-order valence-electron chi connectivity index (χ0n) is 20.1. The van der Waals surface area contributed by atoms with E-state index in [0.717, 1.165) is 62.5 Å². The lowest BCUT2D eigenvalue weighted by Crippen LogP contribution is -2.46. The predicted molar refractivity (Wildman–Crippen MR) is 147 cm³/mol. The summed E-state index contributed by atoms with van der Waals surface area (Å²) in [5.41, 5.74) is 2.66. The lowest BCUT2D eigenvalue weighted by molar-refractivity contribution is 0.199. The molecule has 1 heterocycles. The second-order valence-electron chi connectivity index (χ2n) is 8.19. The number of aliphatic imine (C=N–C) groups is 1. The van der Waals surface area contributed by atoms with Crippen LogP contribution in [0.1, 0.15) is 25.3 Å². The number of ether oxygens (including phenoxy) is 1. The summed E-state index contributed by atoms with van der Waals surface area (Å²) in [5, 5.41) is 4.03. The minimum absolute atomic E-state index is 0.448. The van der Waals surface area contributed by atoms with Crippen LogP contribution in [0.4, 0.5) is 10.5 Å². The van der Waals surface area contributed by atoms with Gasteiger partial charge in [-0.3, -0.25) is 9.89 Å². The van der Waals surface area contributed by atoms with Crippen LogP contribution in [0.25, 0.3) is 5.70 Å². The molecule has 1 amide bonds. The maximum atomic E-state index is 12.1. The van der Waals surface area contributed by atoms with E-state index in [9.17, 15) is 4.79 Å². The van der Waals surface area contributed by atoms with Crippen LogP contribution in [0.2, 0.25) is 10.0 Å². The number of piperazine rings is 1. The van der Waals surface area contributed by atoms with Crippen molar-refractivity contribution in [2.45, 2.75) is 19.8 Å². The largest absolute Gasteiger partial charge is 0.412 e. The number of benzene rings is 2. The van der Waals surface area contributed by atoms with Gasteiger partial charge in [0.25, 0.3) is 0 Å². The Bertz CT molecular complexity index is 1050. The Morgan fingerprint density at radius 1 is 1.11 bits per heavy atom. The molecule has 1 fully saturated rings. The highest BCUT2D eigenvalue weighted by Gasteiger charge is 2.19. The van der Waals surface area contributed by atoms with Crippen LogP contribution >= 0.6 is 23.2 Å². The van der Waals surface area contributed by atoms with Crippen LogP contribution in [-0.2, 0) is 0 Å². The van der Waals surface area contributed by atoms with E-state index in [1.807, 2.05) is 55.5 Å². The van der Waals surface area contributed by atoms with E-state index in [0.29, 0.717) is 22.3 Å². The van der Waals surface area contributed by atoms with Gasteiger partial charge in [-0.05, 0) is 75.5 Å². The van der Waals surface area contributed by atoms with Crippen LogP contribution in [0.5, 0.6) is 5.75 Å². The molecular weight excluding hydrogens is 483 g/mol. The van der Waals surface area contributed by atoms with Gasteiger partial charge in [-0.15, -0.1) is 0 Å². The van der Waals surface area contributed by atoms with Gasteiger partial charge in [-0.25, -0.2) is 4.79 Å². The highest BCUT2D eigenvalue weighted by atomic mass is 35.5. The summed E-state index contributed by atoms with van der Waals surface area (Å²) in [7, 11) is 0. The third-order valence-electron chi connectivity index (χ3n) is 5.79. The summed E-state index contributed by atoms with van der Waals surface area (Å²) in [6, 6.07) is 13.0. The molecule has 6 nitrogen and oxygen atoms in total. The SMILES string of the molecule is C=N/C(=C\C=C/C)c1ccc(OC(=O)NCCCCN2CCN(c3cccc(Cl)c3Cl)CC2)cc1. The second-order valence-corrected chi connectivity index (χ2v) is 8.97. The molecule has 186 valence electrons. The maximum Gasteiger partial charge on any atom is 0.412 e. The van der Waals surface area contributed by atoms with Crippen molar-refractivity contribution in [2.24, 2.45) is 4.99 Å². The number of unbranched alkanes of at least 4 members (excludes halogenated alkanes) is 1. The lowest BCUT2D eigenvalue weighted by Gasteiger charge is -2.36. The first-order valence-corrected chi connectivity index (χ1v) is 12.5. The molecule has 2 aromatic rings. The van der Waals surface area contributed by atoms with Crippen molar-refractivity contribution in [3.63, 3.8) is 0 Å². The van der Waals surface area contributed by atoms with E-state index in [1.54, 1.807) is 12.1 Å². The van der Waals surface area contributed by atoms with Gasteiger partial charge in [-0.1, -0.05) is 41.4 Å². The molecule has 3 rings (SSSR count). The molecule has 0 unspecified atom stereocenters. The Morgan fingerprint density at radius 2 is 1.86 bits per heavy atom. The van der Waals surface area contributed by atoms with Gasteiger partial charge in [0.15, 0.2) is 0 Å². The lowest BCUT2D eigenvalue weighted by atomic mass is 10.1. The number of amides is 1. The molecule has 1 N–H and O–H groups in total. The fourth-order valence-corrected chi connectivity index (χ4v) is 4.28. The molecule has 1 saturated heterocycles. The Morgan fingerprint density at radius 3 is 2.54 bits per heavy atom. The number of carbonyl (C=O) groups is 1. The van der Waals surface area contributed by atoms with Crippen molar-refractivity contribution >= 4 is 47.4 Å². The van der Waals surface area contributed by atoms with Gasteiger partial charge < -0.3 is 15.0 Å². The molecule has 8 heteroatoms. The summed E-state index contributed by atoms with van der Waals surface area (Å²) in [5.74, 6) is 0.485. The monoisotopic (exact) mass is 514 g/mol. The van der Waals surface area contributed by atoms with Crippen molar-refractivity contribution in [1.29, 1.82) is 0 Å². The quantitative estimate of drug-likeness (QED) is 0.229. The summed E-state index contributed by atoms with van der Waals surface area (Å²) >= 11 is 12.5. The van der Waals surface area contributed by atoms with E-state index < -0.39 is 6.09 Å². The van der Waals surface area contributed by atoms with Crippen LogP contribution in [0.3, 0.4) is 0 Å². The molecule has 0 bridgehead atoms. The fourth-order valence-electron chi connectivity index (χ4n) is 3.86. The standard InChI is InChI=1S/C27H32Cl2N4O2/c1-3-4-9-24(30-2)21-11-13-22(14-12-21)35-27(34)31-15-5-6-16-32-17-19-33(20-18-32)25-10-7-8-23(28)26(25)29/h3-4,7-14H,2,5-6,15-20H2,1H3,(H,31,34)/b4-3-,24-9-. The van der Waals surface area contributed by atoms with E-state index in [-0.39, 0.29) is 0 Å². The van der Waals surface area contributed by atoms with Crippen molar-refractivity contribution in [1.82, 2.24) is 10.2 Å². The van der Waals surface area contributed by atoms with E-state index in [2.05, 4.69) is 26.8 Å². The van der Waals surface area contributed by atoms with Crippen molar-refractivity contribution in [3.8, 4) is 5.75 Å². The molecule has 0 radical (unpaired) electrons. The van der Waals surface area contributed by atoms with Gasteiger partial charge in [0.05, 0.1) is 21.4 Å². The minimum atomic E-state index is -0.448. The highest BCUT2D eigenvalue weighted by molar-refractivity contribution is 6.43. The Kier molecular flexibility index (Phi) is 10.7. The van der Waals surface area contributed by atoms with E-state index in [4.69, 9.17) is 27.9 Å². The number of allylic oxidation sites excluding steroid dienone is 3. The Labute approximate surface area is 217 Å². The third kappa shape index (κ3) is 8.13. The van der Waals surface area contributed by atoms with Crippen LogP contribution in [0.15, 0.2) is 65.7 Å². The molecule has 35 heavy (non-hydrogen) atoms. The van der Waals surface area contributed by atoms with Crippen molar-refractivity contribution in [2.75, 3.05) is 44.2 Å². The van der Waals surface area contributed by atoms with Crippen LogP contribution in [0, 0.1) is 0 Å². The van der Waals surface area contributed by atoms with Crippen LogP contribution < -0.4 is 15.0 Å². The highest BCUT2D eigenvalue weighted by Crippen LogP contribution is 2.32. The summed E-state index contributed by atoms with van der Waals surface area (Å²) in [6.45, 7) is 10.9. The van der Waals surface area contributed by atoms with Gasteiger partial charge in [0, 0.05) is 38.3 Å². The number of hydrogen-bond donors (Lipinski definition) is 1. The van der Waals surface area contributed by atoms with Gasteiger partial charge in [0.1, 0.15) is 5.75 Å². The molecule has 0 spiro atoms. The Balaban J connectivity index is 1.32. The van der Waals surface area contributed by atoms with E-state index in [1.165, 1.54) is 0 Å². The number of carbonyl (C=O) groups excluding carboxylic acids is 1. The molecule has 0 atom stereocenters.